The minimum atomic E-state index is -3.62. The Hall–Kier alpha value is -1.89. The first-order valence-corrected chi connectivity index (χ1v) is 10.0. The third-order valence-electron chi connectivity index (χ3n) is 4.31. The van der Waals surface area contributed by atoms with Crippen molar-refractivity contribution in [1.82, 2.24) is 10.2 Å². The Morgan fingerprint density at radius 3 is 2.32 bits per heavy atom. The molecule has 1 aliphatic heterocycles. The lowest BCUT2D eigenvalue weighted by molar-refractivity contribution is -0.141. The summed E-state index contributed by atoms with van der Waals surface area (Å²) in [5.41, 5.74) is 0.473. The van der Waals surface area contributed by atoms with Crippen LogP contribution >= 0.6 is 0 Å². The minimum Gasteiger partial charge on any atom is -0.340 e. The van der Waals surface area contributed by atoms with Gasteiger partial charge in [0, 0.05) is 13.0 Å². The Balaban J connectivity index is 2.13. The Labute approximate surface area is 149 Å². The fraction of sp³-hybridized carbons (Fsp3) is 0.556. The average Bonchev–Trinajstić information content (AvgIpc) is 2.90. The number of hydrogen-bond donors (Lipinski definition) is 1. The van der Waals surface area contributed by atoms with E-state index in [1.807, 2.05) is 27.7 Å². The molecule has 1 aromatic rings. The summed E-state index contributed by atoms with van der Waals surface area (Å²) in [5.74, 6) is -0.973. The van der Waals surface area contributed by atoms with Crippen LogP contribution in [0, 0.1) is 12.3 Å². The van der Waals surface area contributed by atoms with Crippen molar-refractivity contribution in [2.24, 2.45) is 5.41 Å². The van der Waals surface area contributed by atoms with Crippen molar-refractivity contribution in [1.29, 1.82) is 0 Å². The summed E-state index contributed by atoms with van der Waals surface area (Å²) in [6, 6.07) is 5.81. The summed E-state index contributed by atoms with van der Waals surface area (Å²) >= 11 is 0. The van der Waals surface area contributed by atoms with E-state index in [0.29, 0.717) is 13.0 Å². The van der Waals surface area contributed by atoms with Crippen LogP contribution in [0.4, 0.5) is 0 Å². The van der Waals surface area contributed by atoms with Gasteiger partial charge in [0.2, 0.25) is 11.8 Å². The molecule has 7 heteroatoms. The van der Waals surface area contributed by atoms with Gasteiger partial charge in [-0.3, -0.25) is 9.59 Å². The van der Waals surface area contributed by atoms with Gasteiger partial charge in [0.15, 0.2) is 9.84 Å². The molecule has 1 fully saturated rings. The van der Waals surface area contributed by atoms with Gasteiger partial charge in [-0.15, -0.1) is 0 Å². The van der Waals surface area contributed by atoms with E-state index < -0.39 is 33.1 Å². The van der Waals surface area contributed by atoms with Crippen molar-refractivity contribution in [2.75, 3.05) is 12.4 Å². The number of carbonyl (C=O) groups excluding carboxylic acids is 2. The molecular formula is C18H26N2O4S. The second-order valence-electron chi connectivity index (χ2n) is 7.57. The maximum Gasteiger partial charge on any atom is 0.244 e. The van der Waals surface area contributed by atoms with E-state index in [0.717, 1.165) is 12.0 Å². The first-order valence-electron chi connectivity index (χ1n) is 8.39. The monoisotopic (exact) mass is 366 g/mol. The van der Waals surface area contributed by atoms with Gasteiger partial charge in [0.1, 0.15) is 11.9 Å². The van der Waals surface area contributed by atoms with Crippen molar-refractivity contribution in [2.45, 2.75) is 51.5 Å². The number of rotatable bonds is 5. The molecule has 6 nitrogen and oxygen atoms in total. The first kappa shape index (κ1) is 19.4. The molecule has 1 aromatic carbocycles. The van der Waals surface area contributed by atoms with Gasteiger partial charge < -0.3 is 10.2 Å². The molecule has 0 spiro atoms. The normalized spacial score (nSPS) is 16.8. The third-order valence-corrected chi connectivity index (χ3v) is 5.82. The number of likely N-dealkylation sites (tertiary alicyclic amines) is 1. The lowest BCUT2D eigenvalue weighted by Crippen LogP contribution is -2.54. The maximum atomic E-state index is 12.7. The number of nitrogens with one attached hydrogen (secondary N) is 1. The molecular weight excluding hydrogens is 340 g/mol. The number of benzene rings is 1. The highest BCUT2D eigenvalue weighted by Crippen LogP contribution is 2.28. The van der Waals surface area contributed by atoms with Crippen molar-refractivity contribution in [3.8, 4) is 0 Å². The van der Waals surface area contributed by atoms with E-state index in [4.69, 9.17) is 0 Å². The van der Waals surface area contributed by atoms with E-state index in [-0.39, 0.29) is 10.8 Å². The van der Waals surface area contributed by atoms with Gasteiger partial charge in [0.25, 0.3) is 0 Å². The smallest absolute Gasteiger partial charge is 0.244 e. The van der Waals surface area contributed by atoms with E-state index in [1.165, 1.54) is 12.1 Å². The second-order valence-corrected chi connectivity index (χ2v) is 9.56. The maximum absolute atomic E-state index is 12.7. The van der Waals surface area contributed by atoms with Crippen molar-refractivity contribution >= 4 is 21.7 Å². The first-order chi connectivity index (χ1) is 11.5. The van der Waals surface area contributed by atoms with Crippen LogP contribution in [0.3, 0.4) is 0 Å². The fourth-order valence-corrected chi connectivity index (χ4v) is 4.09. The topological polar surface area (TPSA) is 83.6 Å². The Kier molecular flexibility index (Phi) is 5.56. The van der Waals surface area contributed by atoms with Crippen molar-refractivity contribution < 1.29 is 18.0 Å². The average molecular weight is 366 g/mol. The molecule has 1 atom stereocenters. The number of carbonyl (C=O) groups is 2. The highest BCUT2D eigenvalue weighted by molar-refractivity contribution is 7.91. The Morgan fingerprint density at radius 2 is 1.84 bits per heavy atom. The molecule has 138 valence electrons. The van der Waals surface area contributed by atoms with Crippen LogP contribution < -0.4 is 5.32 Å². The fourth-order valence-electron chi connectivity index (χ4n) is 3.04. The zero-order valence-electron chi connectivity index (χ0n) is 15.2. The number of hydrogen-bond acceptors (Lipinski definition) is 4. The lowest BCUT2D eigenvalue weighted by Gasteiger charge is -2.36. The van der Waals surface area contributed by atoms with Gasteiger partial charge >= 0.3 is 0 Å². The number of sulfone groups is 1. The van der Waals surface area contributed by atoms with E-state index in [2.05, 4.69) is 5.32 Å². The van der Waals surface area contributed by atoms with E-state index in [9.17, 15) is 18.0 Å². The van der Waals surface area contributed by atoms with Crippen LogP contribution in [-0.2, 0) is 19.4 Å². The van der Waals surface area contributed by atoms with Crippen LogP contribution in [0.25, 0.3) is 0 Å². The summed E-state index contributed by atoms with van der Waals surface area (Å²) in [7, 11) is -3.62. The number of nitrogens with zero attached hydrogens (tertiary/aromatic N) is 1. The number of aryl methyl sites for hydroxylation is 1. The second kappa shape index (κ2) is 7.15. The largest absolute Gasteiger partial charge is 0.340 e. The molecule has 1 N–H and O–H groups in total. The highest BCUT2D eigenvalue weighted by Gasteiger charge is 2.40. The molecule has 0 aliphatic carbocycles. The molecule has 2 amide bonds. The van der Waals surface area contributed by atoms with Gasteiger partial charge in [-0.1, -0.05) is 38.5 Å². The Bertz CT molecular complexity index is 748. The third kappa shape index (κ3) is 4.60. The van der Waals surface area contributed by atoms with Crippen LogP contribution in [0.15, 0.2) is 29.2 Å². The van der Waals surface area contributed by atoms with Crippen LogP contribution in [-0.4, -0.2) is 43.6 Å². The van der Waals surface area contributed by atoms with E-state index >= 15 is 0 Å². The predicted octanol–water partition coefficient (Wildman–Crippen LogP) is 1.88. The van der Waals surface area contributed by atoms with Gasteiger partial charge in [-0.25, -0.2) is 8.42 Å². The SMILES string of the molecule is Cc1ccc(S(=O)(=O)CNC(=O)C(N2CCCC2=O)C(C)(C)C)cc1. The summed E-state index contributed by atoms with van der Waals surface area (Å²) in [4.78, 5) is 26.5. The van der Waals surface area contributed by atoms with Crippen molar-refractivity contribution in [3.05, 3.63) is 29.8 Å². The standard InChI is InChI=1S/C18H26N2O4S/c1-13-7-9-14(10-8-13)25(23,24)12-19-17(22)16(18(2,3)4)20-11-5-6-15(20)21/h7-10,16H,5-6,11-12H2,1-4H3,(H,19,22). The zero-order valence-corrected chi connectivity index (χ0v) is 16.0. The summed E-state index contributed by atoms with van der Waals surface area (Å²) in [6.45, 7) is 8.02. The zero-order chi connectivity index (χ0) is 18.8. The molecule has 1 saturated heterocycles. The molecule has 25 heavy (non-hydrogen) atoms. The molecule has 0 saturated carbocycles. The summed E-state index contributed by atoms with van der Waals surface area (Å²) in [5, 5.41) is 2.52. The quantitative estimate of drug-likeness (QED) is 0.862. The Morgan fingerprint density at radius 1 is 1.24 bits per heavy atom. The highest BCUT2D eigenvalue weighted by atomic mass is 32.2. The molecule has 0 bridgehead atoms. The van der Waals surface area contributed by atoms with Gasteiger partial charge in [-0.05, 0) is 30.9 Å². The van der Waals surface area contributed by atoms with E-state index in [1.54, 1.807) is 17.0 Å². The van der Waals surface area contributed by atoms with Crippen molar-refractivity contribution in [3.63, 3.8) is 0 Å². The lowest BCUT2D eigenvalue weighted by atomic mass is 9.85. The number of amides is 2. The minimum absolute atomic E-state index is 0.0588. The van der Waals surface area contributed by atoms with Crippen LogP contribution in [0.1, 0.15) is 39.2 Å². The molecule has 1 heterocycles. The molecule has 1 aliphatic rings. The van der Waals surface area contributed by atoms with Crippen LogP contribution in [0.2, 0.25) is 0 Å². The van der Waals surface area contributed by atoms with Crippen LogP contribution in [0.5, 0.6) is 0 Å². The molecule has 0 aromatic heterocycles. The molecule has 2 rings (SSSR count). The van der Waals surface area contributed by atoms with Gasteiger partial charge in [0.05, 0.1) is 4.90 Å². The summed E-state index contributed by atoms with van der Waals surface area (Å²) < 4.78 is 24.8. The predicted molar refractivity (Wildman–Crippen MR) is 95.6 cm³/mol. The van der Waals surface area contributed by atoms with Gasteiger partial charge in [-0.2, -0.15) is 0 Å². The summed E-state index contributed by atoms with van der Waals surface area (Å²) in [6.07, 6.45) is 1.15. The molecule has 1 unspecified atom stereocenters. The molecule has 0 radical (unpaired) electrons.